The Balaban J connectivity index is 1.62. The first kappa shape index (κ1) is 19.2. The minimum Gasteiger partial charge on any atom is -0.448 e. The SMILES string of the molecule is CSC1=NC[C@@]2(S1)C(=O)N(C(=O)[C@@]13CC[C@@](C)(C(=O)O1)C3(C)C)c1ccccc12. The maximum absolute atomic E-state index is 14.0. The van der Waals surface area contributed by atoms with E-state index < -0.39 is 27.1 Å². The third-order valence-corrected chi connectivity index (χ3v) is 10.0. The highest BCUT2D eigenvalue weighted by Crippen LogP contribution is 2.66. The highest BCUT2D eigenvalue weighted by atomic mass is 32.2. The van der Waals surface area contributed by atoms with Crippen molar-refractivity contribution in [1.82, 2.24) is 0 Å². The second-order valence-electron chi connectivity index (χ2n) is 8.85. The van der Waals surface area contributed by atoms with E-state index in [0.29, 0.717) is 25.1 Å². The minimum atomic E-state index is -1.32. The first-order chi connectivity index (χ1) is 13.6. The van der Waals surface area contributed by atoms with Gasteiger partial charge in [-0.05, 0) is 32.1 Å². The number of fused-ring (bicyclic) bond motifs is 4. The molecule has 0 radical (unpaired) electrons. The van der Waals surface area contributed by atoms with Crippen molar-refractivity contribution in [3.8, 4) is 0 Å². The summed E-state index contributed by atoms with van der Waals surface area (Å²) in [6.07, 6.45) is 2.94. The van der Waals surface area contributed by atoms with Gasteiger partial charge in [-0.15, -0.1) is 11.8 Å². The highest BCUT2D eigenvalue weighted by Gasteiger charge is 2.77. The Labute approximate surface area is 177 Å². The Morgan fingerprint density at radius 1 is 1.21 bits per heavy atom. The number of rotatable bonds is 1. The van der Waals surface area contributed by atoms with Gasteiger partial charge in [-0.3, -0.25) is 19.4 Å². The van der Waals surface area contributed by atoms with Gasteiger partial charge in [0, 0.05) is 11.0 Å². The predicted octanol–water partition coefficient (Wildman–Crippen LogP) is 3.34. The molecule has 1 saturated carbocycles. The van der Waals surface area contributed by atoms with E-state index in [9.17, 15) is 14.4 Å². The molecule has 1 aromatic carbocycles. The van der Waals surface area contributed by atoms with E-state index in [-0.39, 0.29) is 11.9 Å². The quantitative estimate of drug-likeness (QED) is 0.502. The number of thioether (sulfide) groups is 2. The van der Waals surface area contributed by atoms with Crippen LogP contribution in [0.1, 0.15) is 39.2 Å². The summed E-state index contributed by atoms with van der Waals surface area (Å²) >= 11 is 2.92. The van der Waals surface area contributed by atoms with Crippen molar-refractivity contribution in [2.24, 2.45) is 15.8 Å². The van der Waals surface area contributed by atoms with Crippen LogP contribution in [0.15, 0.2) is 29.3 Å². The molecule has 6 nitrogen and oxygen atoms in total. The molecule has 1 saturated heterocycles. The maximum Gasteiger partial charge on any atom is 0.313 e. The van der Waals surface area contributed by atoms with Crippen LogP contribution >= 0.6 is 23.5 Å². The van der Waals surface area contributed by atoms with Gasteiger partial charge in [-0.25, -0.2) is 4.90 Å². The topological polar surface area (TPSA) is 76.0 Å². The summed E-state index contributed by atoms with van der Waals surface area (Å²) in [5.41, 5.74) is -1.37. The summed E-state index contributed by atoms with van der Waals surface area (Å²) in [5, 5.41) is 0. The number of nitrogens with zero attached hydrogens (tertiary/aromatic N) is 2. The molecule has 4 aliphatic rings. The second kappa shape index (κ2) is 5.66. The third kappa shape index (κ3) is 1.97. The van der Waals surface area contributed by atoms with E-state index in [1.165, 1.54) is 28.4 Å². The van der Waals surface area contributed by atoms with Crippen molar-refractivity contribution in [1.29, 1.82) is 0 Å². The molecule has 5 rings (SSSR count). The van der Waals surface area contributed by atoms with Gasteiger partial charge in [0.1, 0.15) is 9.12 Å². The monoisotopic (exact) mass is 430 g/mol. The van der Waals surface area contributed by atoms with Gasteiger partial charge in [-0.2, -0.15) is 0 Å². The molecule has 29 heavy (non-hydrogen) atoms. The molecule has 0 aromatic heterocycles. The van der Waals surface area contributed by atoms with E-state index in [1.807, 2.05) is 45.2 Å². The van der Waals surface area contributed by atoms with E-state index in [2.05, 4.69) is 4.99 Å². The predicted molar refractivity (Wildman–Crippen MR) is 114 cm³/mol. The standard InChI is InChI=1S/C21H22N2O4S2/c1-18(2)19(3)9-10-21(18,27-16(19)26)15(25)23-13-8-6-5-7-12(13)20(14(23)24)11-22-17(28-4)29-20/h5-8H,9-11H2,1-4H3/t19-,20-,21+/m0/s1. The number of carbonyl (C=O) groups is 3. The van der Waals surface area contributed by atoms with Crippen LogP contribution in [0.4, 0.5) is 5.69 Å². The normalized spacial score (nSPS) is 36.6. The van der Waals surface area contributed by atoms with Crippen LogP contribution in [0.5, 0.6) is 0 Å². The van der Waals surface area contributed by atoms with Crippen molar-refractivity contribution in [2.75, 3.05) is 17.7 Å². The van der Waals surface area contributed by atoms with Crippen molar-refractivity contribution in [2.45, 2.75) is 44.0 Å². The fraction of sp³-hybridized carbons (Fsp3) is 0.524. The number of aliphatic imine (C=N–C) groups is 1. The Hall–Kier alpha value is -1.80. The van der Waals surface area contributed by atoms with E-state index in [1.54, 1.807) is 6.07 Å². The zero-order valence-corrected chi connectivity index (χ0v) is 18.4. The Bertz CT molecular complexity index is 1020. The van der Waals surface area contributed by atoms with Crippen LogP contribution in [-0.4, -0.2) is 40.6 Å². The Morgan fingerprint density at radius 3 is 2.52 bits per heavy atom. The van der Waals surface area contributed by atoms with Gasteiger partial charge in [0.25, 0.3) is 11.8 Å². The van der Waals surface area contributed by atoms with E-state index in [4.69, 9.17) is 4.74 Å². The first-order valence-corrected chi connectivity index (χ1v) is 11.7. The minimum absolute atomic E-state index is 0.289. The molecular formula is C21H22N2O4S2. The summed E-state index contributed by atoms with van der Waals surface area (Å²) in [7, 11) is 0. The van der Waals surface area contributed by atoms with Crippen molar-refractivity contribution in [3.63, 3.8) is 0 Å². The number of hydrogen-bond acceptors (Lipinski definition) is 7. The molecule has 0 unspecified atom stereocenters. The molecular weight excluding hydrogens is 408 g/mol. The fourth-order valence-electron chi connectivity index (χ4n) is 5.27. The number of esters is 1. The molecule has 2 bridgehead atoms. The second-order valence-corrected chi connectivity index (χ2v) is 11.2. The number of ether oxygens (including phenoxy) is 1. The number of hydrogen-bond donors (Lipinski definition) is 0. The Kier molecular flexibility index (Phi) is 3.75. The van der Waals surface area contributed by atoms with Gasteiger partial charge >= 0.3 is 5.97 Å². The largest absolute Gasteiger partial charge is 0.448 e. The van der Waals surface area contributed by atoms with E-state index in [0.717, 1.165) is 9.94 Å². The lowest BCUT2D eigenvalue weighted by molar-refractivity contribution is -0.167. The number of amides is 2. The molecule has 2 fully saturated rings. The summed E-state index contributed by atoms with van der Waals surface area (Å²) in [5.74, 6) is -1.06. The molecule has 152 valence electrons. The van der Waals surface area contributed by atoms with Gasteiger partial charge in [0.05, 0.1) is 17.6 Å². The van der Waals surface area contributed by atoms with Crippen LogP contribution in [0.25, 0.3) is 0 Å². The molecule has 8 heteroatoms. The number of anilines is 1. The summed E-state index contributed by atoms with van der Waals surface area (Å²) < 4.78 is 5.69. The summed E-state index contributed by atoms with van der Waals surface area (Å²) in [6.45, 7) is 5.99. The maximum atomic E-state index is 14.0. The van der Waals surface area contributed by atoms with Crippen LogP contribution < -0.4 is 4.90 Å². The molecule has 3 heterocycles. The van der Waals surface area contributed by atoms with Crippen LogP contribution in [0, 0.1) is 10.8 Å². The number of benzene rings is 1. The zero-order valence-electron chi connectivity index (χ0n) is 16.8. The average Bonchev–Trinajstić information content (AvgIpc) is 3.34. The van der Waals surface area contributed by atoms with Crippen LogP contribution in [0.3, 0.4) is 0 Å². The summed E-state index contributed by atoms with van der Waals surface area (Å²) in [4.78, 5) is 46.2. The highest BCUT2D eigenvalue weighted by molar-refractivity contribution is 8.39. The smallest absolute Gasteiger partial charge is 0.313 e. The molecule has 0 N–H and O–H groups in total. The molecule has 1 spiro atoms. The van der Waals surface area contributed by atoms with Gasteiger partial charge in [0.2, 0.25) is 0 Å². The lowest BCUT2D eigenvalue weighted by atomic mass is 9.66. The van der Waals surface area contributed by atoms with Crippen LogP contribution in [0.2, 0.25) is 0 Å². The van der Waals surface area contributed by atoms with Gasteiger partial charge in [0.15, 0.2) is 5.60 Å². The number of para-hydroxylation sites is 1. The molecule has 1 aliphatic carbocycles. The van der Waals surface area contributed by atoms with Crippen molar-refractivity contribution in [3.05, 3.63) is 29.8 Å². The lowest BCUT2D eigenvalue weighted by Gasteiger charge is -2.37. The zero-order chi connectivity index (χ0) is 20.8. The average molecular weight is 431 g/mol. The van der Waals surface area contributed by atoms with Gasteiger partial charge < -0.3 is 4.74 Å². The van der Waals surface area contributed by atoms with Crippen LogP contribution in [-0.2, 0) is 23.9 Å². The molecule has 2 amide bonds. The molecule has 1 aromatic rings. The first-order valence-electron chi connectivity index (χ1n) is 9.64. The molecule has 3 aliphatic heterocycles. The van der Waals surface area contributed by atoms with Crippen molar-refractivity contribution >= 4 is 51.4 Å². The third-order valence-electron chi connectivity index (χ3n) is 7.63. The number of imide groups is 1. The summed E-state index contributed by atoms with van der Waals surface area (Å²) in [6, 6.07) is 7.40. The van der Waals surface area contributed by atoms with Gasteiger partial charge in [-0.1, -0.05) is 43.8 Å². The fourth-order valence-corrected chi connectivity index (χ4v) is 7.24. The molecule has 3 atom stereocenters. The lowest BCUT2D eigenvalue weighted by Crippen LogP contribution is -2.57. The number of carbonyl (C=O) groups excluding carboxylic acids is 3. The van der Waals surface area contributed by atoms with Crippen molar-refractivity contribution < 1.29 is 19.1 Å². The van der Waals surface area contributed by atoms with E-state index >= 15 is 0 Å². The Morgan fingerprint density at radius 2 is 1.93 bits per heavy atom.